The fourth-order valence-electron chi connectivity index (χ4n) is 5.65. The van der Waals surface area contributed by atoms with Crippen LogP contribution in [0.2, 0.25) is 0 Å². The highest BCUT2D eigenvalue weighted by Crippen LogP contribution is 2.38. The van der Waals surface area contributed by atoms with E-state index in [0.717, 1.165) is 71.2 Å². The number of aryl methyl sites for hydroxylation is 1. The van der Waals surface area contributed by atoms with E-state index >= 15 is 0 Å². The van der Waals surface area contributed by atoms with Gasteiger partial charge in [0, 0.05) is 37.2 Å². The van der Waals surface area contributed by atoms with Crippen LogP contribution >= 0.6 is 0 Å². The van der Waals surface area contributed by atoms with Crippen molar-refractivity contribution in [3.63, 3.8) is 0 Å². The summed E-state index contributed by atoms with van der Waals surface area (Å²) >= 11 is 0. The second-order valence-electron chi connectivity index (χ2n) is 10.4. The van der Waals surface area contributed by atoms with E-state index in [-0.39, 0.29) is 11.8 Å². The summed E-state index contributed by atoms with van der Waals surface area (Å²) in [6.45, 7) is 6.81. The number of benzene rings is 3. The van der Waals surface area contributed by atoms with Gasteiger partial charge in [0.1, 0.15) is 19.0 Å². The van der Waals surface area contributed by atoms with Gasteiger partial charge in [-0.15, -0.1) is 6.58 Å². The Kier molecular flexibility index (Phi) is 7.80. The van der Waals surface area contributed by atoms with E-state index in [1.54, 1.807) is 7.11 Å². The molecule has 41 heavy (non-hydrogen) atoms. The first-order chi connectivity index (χ1) is 20.1. The Hall–Kier alpha value is -4.46. The summed E-state index contributed by atoms with van der Waals surface area (Å²) in [4.78, 5) is 20.0. The molecule has 1 aromatic heterocycles. The van der Waals surface area contributed by atoms with Crippen LogP contribution in [-0.4, -0.2) is 48.9 Å². The Morgan fingerprint density at radius 2 is 1.88 bits per heavy atom. The average molecular weight is 554 g/mol. The number of methoxy groups -OCH3 is 1. The summed E-state index contributed by atoms with van der Waals surface area (Å²) < 4.78 is 25.3. The lowest BCUT2D eigenvalue weighted by Gasteiger charge is -2.22. The minimum absolute atomic E-state index is 0.00214. The van der Waals surface area contributed by atoms with E-state index in [1.165, 1.54) is 0 Å². The molecule has 0 N–H and O–H groups in total. The number of fused-ring (bicyclic) bond motifs is 2. The molecule has 0 aliphatic carbocycles. The fraction of sp³-hybridized carbons (Fsp3) is 0.333. The normalized spacial score (nSPS) is 16.3. The standard InChI is InChI=1S/C33H35N3O5/c1-3-8-23-11-13-28(30(19-23)38-2)39-16-7-6-15-35-27-10-5-4-9-26(27)34-33(35)24-20-32(37)36(22-24)25-12-14-29-31(21-25)41-18-17-40-29/h3-5,9-14,19,21,24H,1,6-8,15-18,20,22H2,2H3. The molecular formula is C33H35N3O5. The molecule has 2 aliphatic heterocycles. The molecule has 1 saturated heterocycles. The highest BCUT2D eigenvalue weighted by atomic mass is 16.6. The van der Waals surface area contributed by atoms with Crippen LogP contribution in [0, 0.1) is 0 Å². The van der Waals surface area contributed by atoms with Crippen molar-refractivity contribution in [1.82, 2.24) is 9.55 Å². The van der Waals surface area contributed by atoms with Crippen molar-refractivity contribution in [2.24, 2.45) is 0 Å². The smallest absolute Gasteiger partial charge is 0.227 e. The predicted octanol–water partition coefficient (Wildman–Crippen LogP) is 5.92. The van der Waals surface area contributed by atoms with Crippen LogP contribution in [-0.2, 0) is 17.8 Å². The molecule has 8 heteroatoms. The second-order valence-corrected chi connectivity index (χ2v) is 10.4. The molecule has 1 atom stereocenters. The van der Waals surface area contributed by atoms with Gasteiger partial charge in [-0.3, -0.25) is 4.79 Å². The lowest BCUT2D eigenvalue weighted by molar-refractivity contribution is -0.117. The van der Waals surface area contributed by atoms with Gasteiger partial charge in [0.2, 0.25) is 5.91 Å². The summed E-state index contributed by atoms with van der Waals surface area (Å²) in [7, 11) is 1.66. The number of carbonyl (C=O) groups is 1. The van der Waals surface area contributed by atoms with Gasteiger partial charge in [0.05, 0.1) is 24.8 Å². The van der Waals surface area contributed by atoms with Gasteiger partial charge in [0.15, 0.2) is 23.0 Å². The van der Waals surface area contributed by atoms with E-state index in [1.807, 2.05) is 65.6 Å². The van der Waals surface area contributed by atoms with Crippen LogP contribution in [0.5, 0.6) is 23.0 Å². The van der Waals surface area contributed by atoms with Crippen LogP contribution in [0.1, 0.15) is 36.6 Å². The van der Waals surface area contributed by atoms with Crippen molar-refractivity contribution in [2.45, 2.75) is 38.1 Å². The molecule has 0 radical (unpaired) electrons. The minimum Gasteiger partial charge on any atom is -0.493 e. The first kappa shape index (κ1) is 26.7. The molecular weight excluding hydrogens is 518 g/mol. The number of allylic oxidation sites excluding steroid dienone is 1. The maximum Gasteiger partial charge on any atom is 0.227 e. The zero-order valence-electron chi connectivity index (χ0n) is 23.4. The van der Waals surface area contributed by atoms with Gasteiger partial charge in [-0.1, -0.05) is 24.3 Å². The van der Waals surface area contributed by atoms with E-state index in [9.17, 15) is 4.79 Å². The molecule has 8 nitrogen and oxygen atoms in total. The van der Waals surface area contributed by atoms with E-state index in [4.69, 9.17) is 23.9 Å². The first-order valence-corrected chi connectivity index (χ1v) is 14.2. The minimum atomic E-state index is -0.00214. The van der Waals surface area contributed by atoms with E-state index in [0.29, 0.717) is 38.5 Å². The molecule has 0 saturated carbocycles. The SMILES string of the molecule is C=CCc1ccc(OCCCCn2c(C3CC(=O)N(c4ccc5c(c4)OCCO5)C3)nc3ccccc32)c(OC)c1. The number of rotatable bonds is 11. The number of carbonyl (C=O) groups excluding carboxylic acids is 1. The molecule has 1 amide bonds. The van der Waals surface area contributed by atoms with Crippen LogP contribution in [0.4, 0.5) is 5.69 Å². The van der Waals surface area contributed by atoms with Gasteiger partial charge < -0.3 is 28.4 Å². The first-order valence-electron chi connectivity index (χ1n) is 14.2. The number of anilines is 1. The maximum absolute atomic E-state index is 13.2. The predicted molar refractivity (Wildman–Crippen MR) is 158 cm³/mol. The second kappa shape index (κ2) is 12.0. The fourth-order valence-corrected chi connectivity index (χ4v) is 5.65. The van der Waals surface area contributed by atoms with Gasteiger partial charge in [-0.2, -0.15) is 0 Å². The maximum atomic E-state index is 13.2. The average Bonchev–Trinajstić information content (AvgIpc) is 3.57. The third-order valence-electron chi connectivity index (χ3n) is 7.65. The number of hydrogen-bond donors (Lipinski definition) is 0. The molecule has 2 aliphatic rings. The number of imidazole rings is 1. The van der Waals surface area contributed by atoms with Gasteiger partial charge in [-0.05, 0) is 61.2 Å². The lowest BCUT2D eigenvalue weighted by atomic mass is 10.1. The zero-order valence-corrected chi connectivity index (χ0v) is 23.4. The lowest BCUT2D eigenvalue weighted by Crippen LogP contribution is -2.25. The Bertz CT molecular complexity index is 1560. The van der Waals surface area contributed by atoms with Crippen LogP contribution in [0.15, 0.2) is 73.3 Å². The summed E-state index contributed by atoms with van der Waals surface area (Å²) in [6, 6.07) is 19.9. The summed E-state index contributed by atoms with van der Waals surface area (Å²) in [5.74, 6) is 3.94. The summed E-state index contributed by atoms with van der Waals surface area (Å²) in [5.41, 5.74) is 4.01. The Labute approximate surface area is 240 Å². The quantitative estimate of drug-likeness (QED) is 0.169. The van der Waals surface area contributed by atoms with Gasteiger partial charge in [0.25, 0.3) is 0 Å². The number of unbranched alkanes of at least 4 members (excludes halogenated alkanes) is 1. The third-order valence-corrected chi connectivity index (χ3v) is 7.65. The van der Waals surface area contributed by atoms with Crippen molar-refractivity contribution >= 4 is 22.6 Å². The van der Waals surface area contributed by atoms with Crippen molar-refractivity contribution in [2.75, 3.05) is 38.4 Å². The Morgan fingerprint density at radius 3 is 2.73 bits per heavy atom. The zero-order chi connectivity index (χ0) is 28.2. The molecule has 3 aromatic carbocycles. The topological polar surface area (TPSA) is 75.1 Å². The molecule has 6 rings (SSSR count). The molecule has 0 spiro atoms. The van der Waals surface area contributed by atoms with Gasteiger partial charge in [-0.25, -0.2) is 4.98 Å². The van der Waals surface area contributed by atoms with Gasteiger partial charge >= 0.3 is 0 Å². The monoisotopic (exact) mass is 553 g/mol. The number of hydrogen-bond acceptors (Lipinski definition) is 6. The van der Waals surface area contributed by atoms with Crippen molar-refractivity contribution in [3.8, 4) is 23.0 Å². The highest BCUT2D eigenvalue weighted by molar-refractivity contribution is 5.97. The van der Waals surface area contributed by atoms with Crippen molar-refractivity contribution in [3.05, 3.63) is 84.7 Å². The molecule has 0 bridgehead atoms. The number of para-hydroxylation sites is 2. The van der Waals surface area contributed by atoms with E-state index in [2.05, 4.69) is 17.2 Å². The molecule has 3 heterocycles. The van der Waals surface area contributed by atoms with Crippen LogP contribution in [0.3, 0.4) is 0 Å². The number of amides is 1. The Balaban J connectivity index is 1.13. The molecule has 1 unspecified atom stereocenters. The number of ether oxygens (including phenoxy) is 4. The largest absolute Gasteiger partial charge is 0.493 e. The number of nitrogens with zero attached hydrogens (tertiary/aromatic N) is 3. The van der Waals surface area contributed by atoms with Crippen molar-refractivity contribution in [1.29, 1.82) is 0 Å². The highest BCUT2D eigenvalue weighted by Gasteiger charge is 2.35. The number of aromatic nitrogens is 2. The van der Waals surface area contributed by atoms with Crippen LogP contribution in [0.25, 0.3) is 11.0 Å². The summed E-state index contributed by atoms with van der Waals surface area (Å²) in [5, 5.41) is 0. The summed E-state index contributed by atoms with van der Waals surface area (Å²) in [6.07, 6.45) is 4.87. The molecule has 1 fully saturated rings. The molecule has 212 valence electrons. The van der Waals surface area contributed by atoms with Crippen molar-refractivity contribution < 1.29 is 23.7 Å². The molecule has 4 aromatic rings. The Morgan fingerprint density at radius 1 is 1.02 bits per heavy atom. The third kappa shape index (κ3) is 5.59. The van der Waals surface area contributed by atoms with E-state index < -0.39 is 0 Å². The van der Waals surface area contributed by atoms with Crippen LogP contribution < -0.4 is 23.8 Å².